The molecule has 0 unspecified atom stereocenters. The summed E-state index contributed by atoms with van der Waals surface area (Å²) in [6.45, 7) is 2.73. The van der Waals surface area contributed by atoms with Crippen LogP contribution in [0.3, 0.4) is 0 Å². The average Bonchev–Trinajstić information content (AvgIpc) is 2.25. The summed E-state index contributed by atoms with van der Waals surface area (Å²) < 4.78 is 5.70. The first-order chi connectivity index (χ1) is 7.36. The molecule has 1 N–H and O–H groups in total. The molecule has 0 fully saturated rings. The third kappa shape index (κ3) is 3.11. The van der Waals surface area contributed by atoms with Gasteiger partial charge in [0.1, 0.15) is 12.4 Å². The normalized spacial score (nSPS) is 17.7. The third-order valence-electron chi connectivity index (χ3n) is 2.61. The Labute approximate surface area is 95.6 Å². The van der Waals surface area contributed by atoms with Crippen LogP contribution in [0.15, 0.2) is 18.2 Å². The SMILES string of the molecule is Clc1ccc2c(c1)CCCCNCCO2. The quantitative estimate of drug-likeness (QED) is 0.733. The van der Waals surface area contributed by atoms with E-state index in [-0.39, 0.29) is 0 Å². The summed E-state index contributed by atoms with van der Waals surface area (Å²) in [5.41, 5.74) is 1.24. The van der Waals surface area contributed by atoms with Gasteiger partial charge in [-0.3, -0.25) is 0 Å². The predicted octanol–water partition coefficient (Wildman–Crippen LogP) is 2.64. The van der Waals surface area contributed by atoms with Gasteiger partial charge in [-0.1, -0.05) is 11.6 Å². The van der Waals surface area contributed by atoms with Gasteiger partial charge in [0, 0.05) is 11.6 Å². The van der Waals surface area contributed by atoms with Crippen molar-refractivity contribution in [1.82, 2.24) is 5.32 Å². The molecule has 2 rings (SSSR count). The number of hydrogen-bond donors (Lipinski definition) is 1. The summed E-state index contributed by atoms with van der Waals surface area (Å²) >= 11 is 5.98. The number of aryl methyl sites for hydroxylation is 1. The molecule has 0 atom stereocenters. The first-order valence-electron chi connectivity index (χ1n) is 5.48. The van der Waals surface area contributed by atoms with E-state index in [2.05, 4.69) is 5.32 Å². The van der Waals surface area contributed by atoms with Gasteiger partial charge < -0.3 is 10.1 Å². The van der Waals surface area contributed by atoms with Gasteiger partial charge in [0.15, 0.2) is 0 Å². The van der Waals surface area contributed by atoms with Crippen LogP contribution in [-0.2, 0) is 6.42 Å². The van der Waals surface area contributed by atoms with E-state index in [0.717, 1.165) is 36.9 Å². The van der Waals surface area contributed by atoms with Crippen LogP contribution in [0.4, 0.5) is 0 Å². The third-order valence-corrected chi connectivity index (χ3v) is 2.84. The van der Waals surface area contributed by atoms with Gasteiger partial charge in [-0.05, 0) is 49.6 Å². The Kier molecular flexibility index (Phi) is 3.87. The largest absolute Gasteiger partial charge is 0.492 e. The monoisotopic (exact) mass is 225 g/mol. The summed E-state index contributed by atoms with van der Waals surface area (Å²) in [6, 6.07) is 5.88. The van der Waals surface area contributed by atoms with E-state index in [1.54, 1.807) is 0 Å². The highest BCUT2D eigenvalue weighted by atomic mass is 35.5. The van der Waals surface area contributed by atoms with E-state index in [1.807, 2.05) is 18.2 Å². The maximum Gasteiger partial charge on any atom is 0.122 e. The Morgan fingerprint density at radius 2 is 2.13 bits per heavy atom. The lowest BCUT2D eigenvalue weighted by Gasteiger charge is -2.14. The Morgan fingerprint density at radius 1 is 1.20 bits per heavy atom. The van der Waals surface area contributed by atoms with E-state index < -0.39 is 0 Å². The molecule has 0 radical (unpaired) electrons. The lowest BCUT2D eigenvalue weighted by Crippen LogP contribution is -2.23. The zero-order valence-corrected chi connectivity index (χ0v) is 9.52. The molecule has 0 saturated heterocycles. The number of halogens is 1. The first kappa shape index (κ1) is 10.8. The lowest BCUT2D eigenvalue weighted by atomic mass is 10.1. The molecule has 0 spiro atoms. The molecule has 2 nitrogen and oxygen atoms in total. The Balaban J connectivity index is 2.15. The van der Waals surface area contributed by atoms with Gasteiger partial charge in [-0.15, -0.1) is 0 Å². The highest BCUT2D eigenvalue weighted by molar-refractivity contribution is 6.30. The topological polar surface area (TPSA) is 21.3 Å². The second kappa shape index (κ2) is 5.38. The van der Waals surface area contributed by atoms with Crippen molar-refractivity contribution in [1.29, 1.82) is 0 Å². The lowest BCUT2D eigenvalue weighted by molar-refractivity contribution is 0.307. The number of hydrogen-bond acceptors (Lipinski definition) is 2. The average molecular weight is 226 g/mol. The summed E-state index contributed by atoms with van der Waals surface area (Å²) in [5.74, 6) is 0.989. The maximum atomic E-state index is 5.98. The highest BCUT2D eigenvalue weighted by Gasteiger charge is 2.06. The second-order valence-electron chi connectivity index (χ2n) is 3.81. The van der Waals surface area contributed by atoms with E-state index in [0.29, 0.717) is 0 Å². The minimum Gasteiger partial charge on any atom is -0.492 e. The predicted molar refractivity (Wildman–Crippen MR) is 62.8 cm³/mol. The molecule has 0 aliphatic carbocycles. The zero-order valence-electron chi connectivity index (χ0n) is 8.76. The van der Waals surface area contributed by atoms with Crippen LogP contribution < -0.4 is 10.1 Å². The Morgan fingerprint density at radius 3 is 3.07 bits per heavy atom. The molecule has 0 amide bonds. The molecule has 1 aliphatic heterocycles. The highest BCUT2D eigenvalue weighted by Crippen LogP contribution is 2.24. The van der Waals surface area contributed by atoms with Gasteiger partial charge in [0.05, 0.1) is 0 Å². The minimum absolute atomic E-state index is 0.731. The summed E-state index contributed by atoms with van der Waals surface area (Å²) in [4.78, 5) is 0. The van der Waals surface area contributed by atoms with Crippen LogP contribution in [0.25, 0.3) is 0 Å². The number of nitrogens with one attached hydrogen (secondary N) is 1. The molecule has 1 heterocycles. The first-order valence-corrected chi connectivity index (χ1v) is 5.86. The molecule has 0 bridgehead atoms. The van der Waals surface area contributed by atoms with Crippen molar-refractivity contribution in [3.05, 3.63) is 28.8 Å². The van der Waals surface area contributed by atoms with Gasteiger partial charge in [-0.2, -0.15) is 0 Å². The fourth-order valence-corrected chi connectivity index (χ4v) is 2.00. The number of benzene rings is 1. The smallest absolute Gasteiger partial charge is 0.122 e. The van der Waals surface area contributed by atoms with Crippen LogP contribution in [0.2, 0.25) is 5.02 Å². The number of fused-ring (bicyclic) bond motifs is 1. The number of rotatable bonds is 0. The van der Waals surface area contributed by atoms with Crippen molar-refractivity contribution >= 4 is 11.6 Å². The van der Waals surface area contributed by atoms with E-state index in [9.17, 15) is 0 Å². The van der Waals surface area contributed by atoms with Crippen molar-refractivity contribution in [3.8, 4) is 5.75 Å². The standard InChI is InChI=1S/C12H16ClNO/c13-11-4-5-12-10(9-11)3-1-2-6-14-7-8-15-12/h4-5,9,14H,1-3,6-8H2. The molecule has 3 heteroatoms. The van der Waals surface area contributed by atoms with Crippen LogP contribution in [0, 0.1) is 0 Å². The number of ether oxygens (including phenoxy) is 1. The van der Waals surface area contributed by atoms with Crippen LogP contribution in [-0.4, -0.2) is 19.7 Å². The van der Waals surface area contributed by atoms with Crippen molar-refractivity contribution in [2.24, 2.45) is 0 Å². The van der Waals surface area contributed by atoms with Gasteiger partial charge in [0.2, 0.25) is 0 Å². The minimum atomic E-state index is 0.731. The van der Waals surface area contributed by atoms with Crippen molar-refractivity contribution in [2.75, 3.05) is 19.7 Å². The van der Waals surface area contributed by atoms with Crippen LogP contribution in [0.1, 0.15) is 18.4 Å². The van der Waals surface area contributed by atoms with Crippen molar-refractivity contribution in [2.45, 2.75) is 19.3 Å². The molecule has 1 aromatic rings. The van der Waals surface area contributed by atoms with Crippen LogP contribution in [0.5, 0.6) is 5.75 Å². The Hall–Kier alpha value is -0.730. The Bertz CT molecular complexity index is 327. The summed E-state index contributed by atoms with van der Waals surface area (Å²) in [6.07, 6.45) is 3.45. The second-order valence-corrected chi connectivity index (χ2v) is 4.24. The molecule has 1 aromatic carbocycles. The van der Waals surface area contributed by atoms with E-state index in [1.165, 1.54) is 18.4 Å². The molecule has 82 valence electrons. The molecule has 0 aromatic heterocycles. The molecule has 1 aliphatic rings. The van der Waals surface area contributed by atoms with E-state index in [4.69, 9.17) is 16.3 Å². The maximum absolute atomic E-state index is 5.98. The van der Waals surface area contributed by atoms with E-state index >= 15 is 0 Å². The van der Waals surface area contributed by atoms with Gasteiger partial charge in [0.25, 0.3) is 0 Å². The van der Waals surface area contributed by atoms with Crippen molar-refractivity contribution < 1.29 is 4.74 Å². The van der Waals surface area contributed by atoms with Gasteiger partial charge in [-0.25, -0.2) is 0 Å². The van der Waals surface area contributed by atoms with Crippen LogP contribution >= 0.6 is 11.6 Å². The fraction of sp³-hybridized carbons (Fsp3) is 0.500. The van der Waals surface area contributed by atoms with Crippen molar-refractivity contribution in [3.63, 3.8) is 0 Å². The summed E-state index contributed by atoms with van der Waals surface area (Å²) in [5, 5.41) is 4.14. The molecular weight excluding hydrogens is 210 g/mol. The zero-order chi connectivity index (χ0) is 10.5. The molecule has 0 saturated carbocycles. The van der Waals surface area contributed by atoms with Gasteiger partial charge >= 0.3 is 0 Å². The fourth-order valence-electron chi connectivity index (χ4n) is 1.81. The summed E-state index contributed by atoms with van der Waals surface area (Å²) in [7, 11) is 0. The molecular formula is C12H16ClNO. The molecule has 15 heavy (non-hydrogen) atoms.